The molecular formula is C113H78O. The molecule has 536 valence electrons. The zero-order valence-corrected chi connectivity index (χ0v) is 64.5. The van der Waals surface area contributed by atoms with Gasteiger partial charge in [-0.15, -0.1) is 0 Å². The minimum Gasteiger partial charge on any atom is -0.456 e. The number of hydrogen-bond acceptors (Lipinski definition) is 1. The molecule has 0 saturated heterocycles. The zero-order chi connectivity index (χ0) is 76.0. The van der Waals surface area contributed by atoms with Gasteiger partial charge in [0.15, 0.2) is 0 Å². The Balaban J connectivity index is 0.000000135. The van der Waals surface area contributed by atoms with E-state index >= 15 is 0 Å². The summed E-state index contributed by atoms with van der Waals surface area (Å²) in [6.45, 7) is 14.3. The molecule has 0 fully saturated rings. The van der Waals surface area contributed by atoms with Crippen LogP contribution in [0.3, 0.4) is 0 Å². The molecule has 3 aliphatic rings. The highest BCUT2D eigenvalue weighted by Gasteiger charge is 2.41. The molecule has 0 aliphatic heterocycles. The van der Waals surface area contributed by atoms with Crippen LogP contribution in [0.1, 0.15) is 74.9 Å². The van der Waals surface area contributed by atoms with E-state index in [-0.39, 0.29) is 16.2 Å². The van der Waals surface area contributed by atoms with Crippen molar-refractivity contribution in [1.82, 2.24) is 0 Å². The third-order valence-corrected chi connectivity index (χ3v) is 26.5. The minimum atomic E-state index is -0.108. The molecule has 0 amide bonds. The minimum absolute atomic E-state index is 0.0597. The van der Waals surface area contributed by atoms with Gasteiger partial charge in [0, 0.05) is 27.0 Å². The zero-order valence-electron chi connectivity index (χ0n) is 64.5. The molecule has 20 aromatic carbocycles. The van der Waals surface area contributed by atoms with Crippen molar-refractivity contribution in [2.45, 2.75) is 57.8 Å². The molecule has 1 aromatic heterocycles. The molecule has 0 spiro atoms. The average Bonchev–Trinajstić information content (AvgIpc) is 1.62. The van der Waals surface area contributed by atoms with Gasteiger partial charge in [0.2, 0.25) is 0 Å². The molecule has 0 radical (unpaired) electrons. The lowest BCUT2D eigenvalue weighted by Gasteiger charge is -2.24. The second kappa shape index (κ2) is 24.6. The summed E-state index contributed by atoms with van der Waals surface area (Å²) in [5.74, 6) is 0. The summed E-state index contributed by atoms with van der Waals surface area (Å²) in [5.41, 5.74) is 33.2. The molecule has 0 saturated carbocycles. The summed E-state index contributed by atoms with van der Waals surface area (Å²) in [5, 5.41) is 23.1. The maximum absolute atomic E-state index is 6.22. The van der Waals surface area contributed by atoms with Crippen LogP contribution in [-0.2, 0) is 16.2 Å². The fraction of sp³-hybridized carbons (Fsp3) is 0.0796. The van der Waals surface area contributed by atoms with E-state index in [4.69, 9.17) is 4.42 Å². The van der Waals surface area contributed by atoms with E-state index in [1.807, 2.05) is 12.1 Å². The van der Waals surface area contributed by atoms with E-state index in [2.05, 4.69) is 393 Å². The van der Waals surface area contributed by atoms with Crippen molar-refractivity contribution in [3.8, 4) is 100 Å². The van der Waals surface area contributed by atoms with Gasteiger partial charge in [0.25, 0.3) is 0 Å². The van der Waals surface area contributed by atoms with Crippen LogP contribution in [0.4, 0.5) is 0 Å². The van der Waals surface area contributed by atoms with Gasteiger partial charge in [-0.2, -0.15) is 0 Å². The van der Waals surface area contributed by atoms with Crippen molar-refractivity contribution in [3.05, 3.63) is 397 Å². The number of rotatable bonds is 6. The van der Waals surface area contributed by atoms with Crippen molar-refractivity contribution in [1.29, 1.82) is 0 Å². The Morgan fingerprint density at radius 3 is 0.868 bits per heavy atom. The first-order valence-corrected chi connectivity index (χ1v) is 40.3. The lowest BCUT2D eigenvalue weighted by molar-refractivity contribution is 0.660. The average molecular weight is 1450 g/mol. The topological polar surface area (TPSA) is 13.1 Å². The van der Waals surface area contributed by atoms with Crippen molar-refractivity contribution in [2.75, 3.05) is 0 Å². The van der Waals surface area contributed by atoms with Crippen LogP contribution in [0.25, 0.3) is 208 Å². The van der Waals surface area contributed by atoms with Gasteiger partial charge in [-0.3, -0.25) is 0 Å². The maximum Gasteiger partial charge on any atom is 0.135 e. The molecule has 24 rings (SSSR count). The highest BCUT2D eigenvalue weighted by Crippen LogP contribution is 2.59. The van der Waals surface area contributed by atoms with Crippen LogP contribution in [0.5, 0.6) is 0 Å². The molecule has 3 aliphatic carbocycles. The Morgan fingerprint density at radius 1 is 0.158 bits per heavy atom. The van der Waals surface area contributed by atoms with Gasteiger partial charge < -0.3 is 4.42 Å². The largest absolute Gasteiger partial charge is 0.456 e. The molecule has 0 atom stereocenters. The molecule has 21 aromatic rings. The molecule has 1 nitrogen and oxygen atoms in total. The maximum atomic E-state index is 6.22. The third-order valence-electron chi connectivity index (χ3n) is 26.5. The van der Waals surface area contributed by atoms with Crippen molar-refractivity contribution < 1.29 is 4.42 Å². The summed E-state index contributed by atoms with van der Waals surface area (Å²) < 4.78 is 6.22. The predicted octanol–water partition coefficient (Wildman–Crippen LogP) is 31.4. The number of hydrogen-bond donors (Lipinski definition) is 0. The van der Waals surface area contributed by atoms with E-state index in [1.54, 1.807) is 0 Å². The van der Waals surface area contributed by atoms with Crippen LogP contribution in [0.2, 0.25) is 0 Å². The van der Waals surface area contributed by atoms with E-state index in [1.165, 1.54) is 220 Å². The van der Waals surface area contributed by atoms with Crippen molar-refractivity contribution >= 4 is 108 Å². The number of para-hydroxylation sites is 1. The first-order chi connectivity index (χ1) is 55.8. The van der Waals surface area contributed by atoms with Gasteiger partial charge in [0.05, 0.1) is 0 Å². The van der Waals surface area contributed by atoms with Gasteiger partial charge >= 0.3 is 0 Å². The Hall–Kier alpha value is -13.7. The standard InChI is InChI=1S/C58H42.C55H36O/c1-57(2)50-24-14-13-17-41(50)42-31-29-38(34-52(42)57)54-46-21-10-8-19-44(46)53(45-20-9-11-22-47(45)54)36-27-25-35(26-28-36)37-30-32-51-49(33-37)55-43-18-7-5-15-39(43)40-16-6-12-23-48(40)56(55)58(51,3)4;1-55(2)48-29-27-35(31-47(48)53-40-16-5-3-13-37(40)38-14-4-10-21-45(38)54(53)55)33-23-25-34(26-24-33)51-41-17-6-8-19-43(41)52(44-20-9-7-18-42(44)51)36-28-30-50-46(32-36)39-15-11-12-22-49(39)56-50/h5-34H,1-4H3;3-32H,1-2H3. The fourth-order valence-corrected chi connectivity index (χ4v) is 21.3. The highest BCUT2D eigenvalue weighted by molar-refractivity contribution is 6.25. The summed E-state index contributed by atoms with van der Waals surface area (Å²) in [4.78, 5) is 0. The van der Waals surface area contributed by atoms with Crippen LogP contribution in [-0.4, -0.2) is 0 Å². The SMILES string of the molecule is CC1(C)c2ccc(-c3ccc(-c4c5ccccc5c(-c5ccc6oc7ccccc7c6c5)c5ccccc45)cc3)cc2-c2c1c1ccccc1c1ccccc21.CC1(C)c2ccccc2-c2ccc(-c3c4ccccc4c(-c4ccc(-c5ccc6c(c5)-c5c(c7ccccc7c7ccccc57)C6(C)C)cc4)c4ccccc34)cc21. The summed E-state index contributed by atoms with van der Waals surface area (Å²) >= 11 is 0. The van der Waals surface area contributed by atoms with Crippen molar-refractivity contribution in [3.63, 3.8) is 0 Å². The van der Waals surface area contributed by atoms with E-state index in [9.17, 15) is 0 Å². The Labute approximate surface area is 663 Å². The predicted molar refractivity (Wildman–Crippen MR) is 486 cm³/mol. The normalized spacial score (nSPS) is 13.9. The molecule has 0 unspecified atom stereocenters. The van der Waals surface area contributed by atoms with E-state index in [0.29, 0.717) is 0 Å². The molecule has 1 heterocycles. The summed E-state index contributed by atoms with van der Waals surface area (Å²) in [7, 11) is 0. The Bertz CT molecular complexity index is 7610. The number of fused-ring (bicyclic) bond motifs is 26. The molecular weight excluding hydrogens is 1370 g/mol. The Morgan fingerprint density at radius 2 is 0.439 bits per heavy atom. The quantitative estimate of drug-likeness (QED) is 0.119. The van der Waals surface area contributed by atoms with Gasteiger partial charge in [0.1, 0.15) is 11.2 Å². The molecule has 0 N–H and O–H groups in total. The highest BCUT2D eigenvalue weighted by atomic mass is 16.3. The van der Waals surface area contributed by atoms with Crippen LogP contribution in [0, 0.1) is 0 Å². The van der Waals surface area contributed by atoms with Gasteiger partial charge in [-0.1, -0.05) is 369 Å². The van der Waals surface area contributed by atoms with Gasteiger partial charge in [-0.25, -0.2) is 0 Å². The lowest BCUT2D eigenvalue weighted by atomic mass is 9.79. The van der Waals surface area contributed by atoms with E-state index in [0.717, 1.165) is 21.9 Å². The second-order valence-electron chi connectivity index (χ2n) is 33.5. The first-order valence-electron chi connectivity index (χ1n) is 40.3. The number of furan rings is 1. The third kappa shape index (κ3) is 9.54. The Kier molecular flexibility index (Phi) is 14.3. The van der Waals surface area contributed by atoms with E-state index < -0.39 is 0 Å². The van der Waals surface area contributed by atoms with Crippen LogP contribution < -0.4 is 0 Å². The van der Waals surface area contributed by atoms with Crippen molar-refractivity contribution in [2.24, 2.45) is 0 Å². The summed E-state index contributed by atoms with van der Waals surface area (Å²) in [6.07, 6.45) is 0. The summed E-state index contributed by atoms with van der Waals surface area (Å²) in [6, 6.07) is 136. The lowest BCUT2D eigenvalue weighted by Crippen LogP contribution is -2.15. The molecule has 114 heavy (non-hydrogen) atoms. The smallest absolute Gasteiger partial charge is 0.135 e. The van der Waals surface area contributed by atoms with Crippen LogP contribution >= 0.6 is 0 Å². The molecule has 0 bridgehead atoms. The molecule has 1 heteroatoms. The number of benzene rings is 20. The monoisotopic (exact) mass is 1450 g/mol. The fourth-order valence-electron chi connectivity index (χ4n) is 21.3. The second-order valence-corrected chi connectivity index (χ2v) is 33.5. The van der Waals surface area contributed by atoms with Gasteiger partial charge in [-0.05, 0) is 256 Å². The van der Waals surface area contributed by atoms with Crippen LogP contribution in [0.15, 0.2) is 368 Å². The first kappa shape index (κ1) is 66.1.